The molecule has 0 saturated heterocycles. The van der Waals surface area contributed by atoms with Gasteiger partial charge in [-0.15, -0.1) is 0 Å². The molecule has 0 atom stereocenters. The number of hydrogen-bond donors (Lipinski definition) is 2. The molecule has 0 aliphatic heterocycles. The topological polar surface area (TPSA) is 112 Å². The molecule has 160 valence electrons. The van der Waals surface area contributed by atoms with E-state index in [0.29, 0.717) is 0 Å². The minimum Gasteiger partial charge on any atom is -0.346 e. The molecule has 3 rings (SSSR count). The maximum atomic E-state index is 13.0. The lowest BCUT2D eigenvalue weighted by Gasteiger charge is -2.09. The molecule has 2 N–H and O–H groups in total. The van der Waals surface area contributed by atoms with Crippen LogP contribution in [0, 0.1) is 0 Å². The summed E-state index contributed by atoms with van der Waals surface area (Å²) in [5.41, 5.74) is -0.754. The molecular weight excluding hydrogens is 473 g/mol. The second-order valence-corrected chi connectivity index (χ2v) is 7.12. The Bertz CT molecular complexity index is 1110. The average Bonchev–Trinajstić information content (AvgIpc) is 3.30. The Hall–Kier alpha value is -3.16. The molecule has 0 fully saturated rings. The molecule has 0 spiro atoms. The molecule has 0 aliphatic carbocycles. The second kappa shape index (κ2) is 7.93. The fraction of sp³-hybridized carbons (Fsp3) is 0.312. The maximum absolute atomic E-state index is 13.0. The zero-order valence-corrected chi connectivity index (χ0v) is 17.5. The minimum atomic E-state index is -4.74. The first-order valence-corrected chi connectivity index (χ1v) is 9.17. The number of alkyl halides is 3. The summed E-state index contributed by atoms with van der Waals surface area (Å²) in [6.45, 7) is 0.188. The Morgan fingerprint density at radius 3 is 2.33 bits per heavy atom. The molecule has 30 heavy (non-hydrogen) atoms. The zero-order valence-electron chi connectivity index (χ0n) is 16.0. The van der Waals surface area contributed by atoms with Crippen LogP contribution in [0.1, 0.15) is 32.2 Å². The molecule has 0 aromatic carbocycles. The van der Waals surface area contributed by atoms with E-state index in [2.05, 4.69) is 41.9 Å². The van der Waals surface area contributed by atoms with Crippen molar-refractivity contribution in [3.63, 3.8) is 0 Å². The van der Waals surface area contributed by atoms with E-state index in [0.717, 1.165) is 10.2 Å². The lowest BCUT2D eigenvalue weighted by molar-refractivity contribution is -0.142. The van der Waals surface area contributed by atoms with Gasteiger partial charge in [0.2, 0.25) is 0 Å². The molecule has 10 nitrogen and oxygen atoms in total. The van der Waals surface area contributed by atoms with E-state index >= 15 is 0 Å². The number of aryl methyl sites for hydroxylation is 3. The molecule has 14 heteroatoms. The molecule has 3 aromatic rings. The fourth-order valence-electron chi connectivity index (χ4n) is 2.73. The highest BCUT2D eigenvalue weighted by atomic mass is 79.9. The van der Waals surface area contributed by atoms with Crippen molar-refractivity contribution in [1.29, 1.82) is 0 Å². The predicted octanol–water partition coefficient (Wildman–Crippen LogP) is 1.85. The SMILES string of the molecule is Cn1cc(CNC(=O)c2c(NC(=O)c3c(Br)c(C(F)(F)F)nn3C)cnn2C)cn1. The zero-order chi connectivity index (χ0) is 22.2. The Labute approximate surface area is 176 Å². The van der Waals surface area contributed by atoms with Crippen LogP contribution >= 0.6 is 15.9 Å². The minimum absolute atomic E-state index is 0.0292. The van der Waals surface area contributed by atoms with E-state index in [-0.39, 0.29) is 23.6 Å². The Balaban J connectivity index is 1.81. The highest BCUT2D eigenvalue weighted by Crippen LogP contribution is 2.35. The Morgan fingerprint density at radius 1 is 1.07 bits per heavy atom. The summed E-state index contributed by atoms with van der Waals surface area (Å²) in [6.07, 6.45) is -0.193. The van der Waals surface area contributed by atoms with Crippen molar-refractivity contribution in [3.05, 3.63) is 45.7 Å². The number of rotatable bonds is 5. The number of carbonyl (C=O) groups excluding carboxylic acids is 2. The van der Waals surface area contributed by atoms with Crippen LogP contribution < -0.4 is 10.6 Å². The van der Waals surface area contributed by atoms with Gasteiger partial charge in [-0.05, 0) is 15.9 Å². The van der Waals surface area contributed by atoms with Crippen molar-refractivity contribution in [3.8, 4) is 0 Å². The van der Waals surface area contributed by atoms with Gasteiger partial charge in [0.25, 0.3) is 11.8 Å². The molecule has 0 bridgehead atoms. The molecule has 3 aromatic heterocycles. The van der Waals surface area contributed by atoms with Gasteiger partial charge in [0.05, 0.1) is 22.6 Å². The van der Waals surface area contributed by atoms with Crippen LogP contribution in [0.2, 0.25) is 0 Å². The van der Waals surface area contributed by atoms with Crippen molar-refractivity contribution in [2.75, 3.05) is 5.32 Å². The van der Waals surface area contributed by atoms with Crippen LogP contribution in [0.3, 0.4) is 0 Å². The van der Waals surface area contributed by atoms with Crippen LogP contribution in [0.15, 0.2) is 23.1 Å². The smallest absolute Gasteiger partial charge is 0.346 e. The second-order valence-electron chi connectivity index (χ2n) is 6.32. The predicted molar refractivity (Wildman–Crippen MR) is 101 cm³/mol. The van der Waals surface area contributed by atoms with Gasteiger partial charge in [0, 0.05) is 39.4 Å². The summed E-state index contributed by atoms with van der Waals surface area (Å²) in [4.78, 5) is 25.2. The first-order valence-electron chi connectivity index (χ1n) is 8.37. The largest absolute Gasteiger partial charge is 0.436 e. The van der Waals surface area contributed by atoms with Gasteiger partial charge in [-0.3, -0.25) is 23.6 Å². The fourth-order valence-corrected chi connectivity index (χ4v) is 3.48. The van der Waals surface area contributed by atoms with Crippen molar-refractivity contribution in [2.45, 2.75) is 12.7 Å². The monoisotopic (exact) mass is 488 g/mol. The van der Waals surface area contributed by atoms with Crippen LogP contribution in [0.5, 0.6) is 0 Å². The number of nitrogens with zero attached hydrogens (tertiary/aromatic N) is 6. The van der Waals surface area contributed by atoms with E-state index in [1.807, 2.05) is 0 Å². The first kappa shape index (κ1) is 21.5. The molecular formula is C16H16BrF3N8O2. The van der Waals surface area contributed by atoms with Crippen molar-refractivity contribution < 1.29 is 22.8 Å². The summed E-state index contributed by atoms with van der Waals surface area (Å²) in [5.74, 6) is -1.42. The highest BCUT2D eigenvalue weighted by molar-refractivity contribution is 9.10. The Kier molecular flexibility index (Phi) is 5.70. The van der Waals surface area contributed by atoms with Gasteiger partial charge in [-0.1, -0.05) is 0 Å². The standard InChI is InChI=1S/C16H16BrF3N8O2/c1-26-7-8(5-22-26)4-21-14(29)11-9(6-23-27(11)2)24-15(30)12-10(17)13(16(18,19)20)25-28(12)3/h5-7H,4H2,1-3H3,(H,21,29)(H,24,30). The first-order chi connectivity index (χ1) is 14.0. The van der Waals surface area contributed by atoms with Gasteiger partial charge in [-0.25, -0.2) is 0 Å². The number of anilines is 1. The molecule has 2 amide bonds. The Morgan fingerprint density at radius 2 is 1.77 bits per heavy atom. The van der Waals surface area contributed by atoms with Gasteiger partial charge in [0.15, 0.2) is 5.69 Å². The number of amides is 2. The summed E-state index contributed by atoms with van der Waals surface area (Å²) < 4.78 is 42.2. The van der Waals surface area contributed by atoms with Crippen LogP contribution in [-0.4, -0.2) is 41.2 Å². The number of halogens is 4. The summed E-state index contributed by atoms with van der Waals surface area (Å²) in [5, 5.41) is 16.4. The van der Waals surface area contributed by atoms with Gasteiger partial charge in [-0.2, -0.15) is 28.5 Å². The molecule has 0 aliphatic rings. The normalized spacial score (nSPS) is 11.6. The third-order valence-corrected chi connectivity index (χ3v) is 4.84. The maximum Gasteiger partial charge on any atom is 0.436 e. The lowest BCUT2D eigenvalue weighted by atomic mass is 10.3. The number of aromatic nitrogens is 6. The summed E-state index contributed by atoms with van der Waals surface area (Å²) in [7, 11) is 4.44. The summed E-state index contributed by atoms with van der Waals surface area (Å²) in [6, 6.07) is 0. The van der Waals surface area contributed by atoms with E-state index in [1.54, 1.807) is 24.1 Å². The van der Waals surface area contributed by atoms with Crippen LogP contribution in [-0.2, 0) is 33.9 Å². The molecule has 3 heterocycles. The number of hydrogen-bond acceptors (Lipinski definition) is 5. The van der Waals surface area contributed by atoms with E-state index in [1.165, 1.54) is 25.0 Å². The molecule has 0 saturated carbocycles. The van der Waals surface area contributed by atoms with Crippen LogP contribution in [0.25, 0.3) is 0 Å². The average molecular weight is 489 g/mol. The van der Waals surface area contributed by atoms with Crippen molar-refractivity contribution >= 4 is 33.4 Å². The van der Waals surface area contributed by atoms with Crippen LogP contribution in [0.4, 0.5) is 18.9 Å². The lowest BCUT2D eigenvalue weighted by Crippen LogP contribution is -2.27. The summed E-state index contributed by atoms with van der Waals surface area (Å²) >= 11 is 2.79. The molecule has 0 unspecified atom stereocenters. The third kappa shape index (κ3) is 4.22. The van der Waals surface area contributed by atoms with E-state index < -0.39 is 28.2 Å². The molecule has 0 radical (unpaired) electrons. The van der Waals surface area contributed by atoms with Gasteiger partial charge < -0.3 is 10.6 Å². The number of carbonyl (C=O) groups is 2. The van der Waals surface area contributed by atoms with E-state index in [9.17, 15) is 22.8 Å². The van der Waals surface area contributed by atoms with Gasteiger partial charge in [0.1, 0.15) is 11.4 Å². The quantitative estimate of drug-likeness (QED) is 0.569. The number of nitrogens with one attached hydrogen (secondary N) is 2. The third-order valence-electron chi connectivity index (χ3n) is 4.09. The highest BCUT2D eigenvalue weighted by Gasteiger charge is 2.39. The van der Waals surface area contributed by atoms with Gasteiger partial charge >= 0.3 is 6.18 Å². The van der Waals surface area contributed by atoms with Crippen molar-refractivity contribution in [2.24, 2.45) is 21.1 Å². The van der Waals surface area contributed by atoms with E-state index in [4.69, 9.17) is 0 Å². The van der Waals surface area contributed by atoms with Crippen molar-refractivity contribution in [1.82, 2.24) is 34.7 Å².